The van der Waals surface area contributed by atoms with E-state index in [0.29, 0.717) is 17.9 Å². The van der Waals surface area contributed by atoms with Gasteiger partial charge in [0.1, 0.15) is 18.5 Å². The van der Waals surface area contributed by atoms with Gasteiger partial charge in [-0.15, -0.1) is 0 Å². The van der Waals surface area contributed by atoms with Crippen LogP contribution in [0.4, 0.5) is 0 Å². The standard InChI is InChI=1S/C21H24N2O4/c1-3-11-22-19-9-4-5-10-20(19)23(21(22)26)13-17(25)14-27-18-8-6-7-16(12-18)15(2)24/h4-10,12,17,25H,3,11,13-14H2,1-2H3/t17-/m1/s1. The highest BCUT2D eigenvalue weighted by atomic mass is 16.5. The van der Waals surface area contributed by atoms with Crippen molar-refractivity contribution in [2.75, 3.05) is 6.61 Å². The van der Waals surface area contributed by atoms with Crippen LogP contribution < -0.4 is 10.4 Å². The van der Waals surface area contributed by atoms with E-state index in [2.05, 4.69) is 0 Å². The molecule has 6 nitrogen and oxygen atoms in total. The van der Waals surface area contributed by atoms with E-state index >= 15 is 0 Å². The summed E-state index contributed by atoms with van der Waals surface area (Å²) in [6, 6.07) is 14.4. The summed E-state index contributed by atoms with van der Waals surface area (Å²) in [4.78, 5) is 24.2. The molecule has 6 heteroatoms. The van der Waals surface area contributed by atoms with Crippen LogP contribution in [0.15, 0.2) is 53.3 Å². The quantitative estimate of drug-likeness (QED) is 0.621. The van der Waals surface area contributed by atoms with E-state index in [-0.39, 0.29) is 24.6 Å². The molecule has 1 atom stereocenters. The third-order valence-electron chi connectivity index (χ3n) is 4.45. The highest BCUT2D eigenvalue weighted by Crippen LogP contribution is 2.16. The minimum Gasteiger partial charge on any atom is -0.491 e. The summed E-state index contributed by atoms with van der Waals surface area (Å²) >= 11 is 0. The first-order valence-electron chi connectivity index (χ1n) is 9.11. The molecule has 0 aliphatic rings. The molecule has 27 heavy (non-hydrogen) atoms. The van der Waals surface area contributed by atoms with E-state index in [1.807, 2.05) is 31.2 Å². The Balaban J connectivity index is 1.76. The fraction of sp³-hybridized carbons (Fsp3) is 0.333. The number of aliphatic hydroxyl groups is 1. The minimum absolute atomic E-state index is 0.0289. The van der Waals surface area contributed by atoms with Gasteiger partial charge in [0.15, 0.2) is 5.78 Å². The van der Waals surface area contributed by atoms with Crippen molar-refractivity contribution in [2.24, 2.45) is 0 Å². The first kappa shape index (κ1) is 18.9. The van der Waals surface area contributed by atoms with Crippen LogP contribution in [0.2, 0.25) is 0 Å². The van der Waals surface area contributed by atoms with Crippen molar-refractivity contribution >= 4 is 16.8 Å². The Morgan fingerprint density at radius 2 is 1.81 bits per heavy atom. The predicted molar refractivity (Wildman–Crippen MR) is 104 cm³/mol. The van der Waals surface area contributed by atoms with Crippen molar-refractivity contribution in [2.45, 2.75) is 39.5 Å². The molecule has 0 spiro atoms. The Hall–Kier alpha value is -2.86. The number of fused-ring (bicyclic) bond motifs is 1. The molecule has 1 N–H and O–H groups in total. The first-order valence-corrected chi connectivity index (χ1v) is 9.11. The van der Waals surface area contributed by atoms with Gasteiger partial charge in [-0.1, -0.05) is 31.2 Å². The number of hydrogen-bond acceptors (Lipinski definition) is 4. The second-order valence-corrected chi connectivity index (χ2v) is 6.58. The number of para-hydroxylation sites is 2. The molecular weight excluding hydrogens is 344 g/mol. The number of imidazole rings is 1. The third kappa shape index (κ3) is 4.11. The van der Waals surface area contributed by atoms with E-state index in [1.165, 1.54) is 6.92 Å². The molecule has 0 aliphatic carbocycles. The molecule has 2 aromatic carbocycles. The number of ketones is 1. The molecule has 0 saturated heterocycles. The van der Waals surface area contributed by atoms with Gasteiger partial charge in [-0.25, -0.2) is 4.79 Å². The Morgan fingerprint density at radius 1 is 1.11 bits per heavy atom. The van der Waals surface area contributed by atoms with E-state index in [4.69, 9.17) is 4.74 Å². The zero-order valence-electron chi connectivity index (χ0n) is 15.6. The largest absolute Gasteiger partial charge is 0.491 e. The summed E-state index contributed by atoms with van der Waals surface area (Å²) in [6.45, 7) is 4.32. The Labute approximate surface area is 157 Å². The fourth-order valence-corrected chi connectivity index (χ4v) is 3.15. The minimum atomic E-state index is -0.857. The van der Waals surface area contributed by atoms with Gasteiger partial charge >= 0.3 is 5.69 Å². The molecule has 3 rings (SSSR count). The van der Waals surface area contributed by atoms with Crippen LogP contribution in [0.3, 0.4) is 0 Å². The number of Topliss-reactive ketones (excluding diaryl/α,β-unsaturated/α-hetero) is 1. The van der Waals surface area contributed by atoms with E-state index < -0.39 is 6.10 Å². The molecule has 1 aromatic heterocycles. The van der Waals surface area contributed by atoms with Crippen LogP contribution in [0.1, 0.15) is 30.6 Å². The lowest BCUT2D eigenvalue weighted by molar-refractivity contribution is 0.0923. The number of aliphatic hydroxyl groups excluding tert-OH is 1. The highest BCUT2D eigenvalue weighted by molar-refractivity contribution is 5.94. The van der Waals surface area contributed by atoms with Gasteiger partial charge in [-0.05, 0) is 37.6 Å². The van der Waals surface area contributed by atoms with Gasteiger partial charge in [0.25, 0.3) is 0 Å². The number of carbonyl (C=O) groups is 1. The maximum absolute atomic E-state index is 12.7. The lowest BCUT2D eigenvalue weighted by atomic mass is 10.1. The monoisotopic (exact) mass is 368 g/mol. The number of carbonyl (C=O) groups excluding carboxylic acids is 1. The average molecular weight is 368 g/mol. The summed E-state index contributed by atoms with van der Waals surface area (Å²) < 4.78 is 8.94. The van der Waals surface area contributed by atoms with Crippen molar-refractivity contribution in [3.8, 4) is 5.75 Å². The maximum atomic E-state index is 12.7. The molecule has 0 bridgehead atoms. The molecule has 1 heterocycles. The van der Waals surface area contributed by atoms with Gasteiger partial charge in [0, 0.05) is 12.1 Å². The number of aromatic nitrogens is 2. The number of hydrogen-bond donors (Lipinski definition) is 1. The molecule has 0 saturated carbocycles. The maximum Gasteiger partial charge on any atom is 0.329 e. The van der Waals surface area contributed by atoms with Crippen molar-refractivity contribution < 1.29 is 14.6 Å². The van der Waals surface area contributed by atoms with E-state index in [1.54, 1.807) is 33.4 Å². The smallest absolute Gasteiger partial charge is 0.329 e. The summed E-state index contributed by atoms with van der Waals surface area (Å²) in [5, 5.41) is 10.4. The van der Waals surface area contributed by atoms with E-state index in [9.17, 15) is 14.7 Å². The van der Waals surface area contributed by atoms with Gasteiger partial charge in [-0.2, -0.15) is 0 Å². The SMILES string of the molecule is CCCn1c(=O)n(C[C@@H](O)COc2cccc(C(C)=O)c2)c2ccccc21. The van der Waals surface area contributed by atoms with Crippen LogP contribution in [0, 0.1) is 0 Å². The topological polar surface area (TPSA) is 73.5 Å². The second kappa shape index (κ2) is 8.22. The zero-order valence-corrected chi connectivity index (χ0v) is 15.6. The average Bonchev–Trinajstić information content (AvgIpc) is 2.93. The lowest BCUT2D eigenvalue weighted by Gasteiger charge is -2.13. The van der Waals surface area contributed by atoms with Crippen LogP contribution in [-0.2, 0) is 13.1 Å². The molecule has 0 radical (unpaired) electrons. The van der Waals surface area contributed by atoms with Crippen LogP contribution in [0.5, 0.6) is 5.75 Å². The Kier molecular flexibility index (Phi) is 5.76. The first-order chi connectivity index (χ1) is 13.0. The zero-order chi connectivity index (χ0) is 19.4. The highest BCUT2D eigenvalue weighted by Gasteiger charge is 2.16. The van der Waals surface area contributed by atoms with Crippen molar-refractivity contribution in [1.29, 1.82) is 0 Å². The third-order valence-corrected chi connectivity index (χ3v) is 4.45. The molecule has 0 unspecified atom stereocenters. The number of aryl methyl sites for hydroxylation is 1. The summed E-state index contributed by atoms with van der Waals surface area (Å²) in [7, 11) is 0. The normalized spacial score (nSPS) is 12.3. The van der Waals surface area contributed by atoms with Gasteiger partial charge < -0.3 is 9.84 Å². The van der Waals surface area contributed by atoms with Gasteiger partial charge in [-0.3, -0.25) is 13.9 Å². The second-order valence-electron chi connectivity index (χ2n) is 6.58. The molecule has 3 aromatic rings. The van der Waals surface area contributed by atoms with Crippen LogP contribution in [-0.4, -0.2) is 32.7 Å². The van der Waals surface area contributed by atoms with Crippen LogP contribution >= 0.6 is 0 Å². The molecular formula is C21H24N2O4. The Morgan fingerprint density at radius 3 is 2.48 bits per heavy atom. The van der Waals surface area contributed by atoms with Crippen LogP contribution in [0.25, 0.3) is 11.0 Å². The number of rotatable bonds is 8. The van der Waals surface area contributed by atoms with E-state index in [0.717, 1.165) is 17.5 Å². The number of ether oxygens (including phenoxy) is 1. The van der Waals surface area contributed by atoms with Crippen molar-refractivity contribution in [3.05, 3.63) is 64.6 Å². The molecule has 0 fully saturated rings. The summed E-state index contributed by atoms with van der Waals surface area (Å²) in [5.74, 6) is 0.471. The predicted octanol–water partition coefficient (Wildman–Crippen LogP) is 2.86. The number of benzene rings is 2. The number of nitrogens with zero attached hydrogens (tertiary/aromatic N) is 2. The van der Waals surface area contributed by atoms with Crippen molar-refractivity contribution in [3.63, 3.8) is 0 Å². The fourth-order valence-electron chi connectivity index (χ4n) is 3.15. The molecule has 142 valence electrons. The lowest BCUT2D eigenvalue weighted by Crippen LogP contribution is -2.31. The van der Waals surface area contributed by atoms with Crippen molar-refractivity contribution in [1.82, 2.24) is 9.13 Å². The molecule has 0 amide bonds. The summed E-state index contributed by atoms with van der Waals surface area (Å²) in [6.07, 6.45) is -0.00364. The van der Waals surface area contributed by atoms with Gasteiger partial charge in [0.2, 0.25) is 0 Å². The summed E-state index contributed by atoms with van der Waals surface area (Å²) in [5.41, 5.74) is 2.09. The Bertz CT molecular complexity index is 1000. The molecule has 0 aliphatic heterocycles. The van der Waals surface area contributed by atoms with Gasteiger partial charge in [0.05, 0.1) is 17.6 Å².